The molecule has 2 aliphatic rings. The van der Waals surface area contributed by atoms with Gasteiger partial charge in [-0.1, -0.05) is 167 Å². The average Bonchev–Trinajstić information content (AvgIpc) is 4.10. The third-order valence-corrected chi connectivity index (χ3v) is 15.5. The molecule has 390 valence electrons. The molecule has 8 aromatic carbocycles. The van der Waals surface area contributed by atoms with Crippen molar-refractivity contribution in [1.82, 2.24) is 0 Å². The minimum atomic E-state index is -0.732. The smallest absolute Gasteiger partial charge is 0.140 e. The summed E-state index contributed by atoms with van der Waals surface area (Å²) in [5, 5.41) is 0. The molecule has 0 radical (unpaired) electrons. The van der Waals surface area contributed by atoms with Gasteiger partial charge in [-0.25, -0.2) is 0 Å². The minimum absolute atomic E-state index is 0.603. The number of hydrogen-bond donors (Lipinski definition) is 0. The first-order valence-electron chi connectivity index (χ1n) is 27.8. The van der Waals surface area contributed by atoms with E-state index in [0.717, 1.165) is 70.6 Å². The van der Waals surface area contributed by atoms with E-state index in [1.54, 1.807) is 0 Å². The summed E-state index contributed by atoms with van der Waals surface area (Å²) in [6.45, 7) is 10.2. The van der Waals surface area contributed by atoms with Crippen LogP contribution in [0.25, 0.3) is 33.4 Å². The zero-order valence-electron chi connectivity index (χ0n) is 46.0. The highest BCUT2D eigenvalue weighted by atomic mass is 16.5. The van der Waals surface area contributed by atoms with Crippen LogP contribution in [0, 0.1) is 86.3 Å². The van der Waals surface area contributed by atoms with Crippen LogP contribution < -0.4 is 18.9 Å². The van der Waals surface area contributed by atoms with Gasteiger partial charge in [0.05, 0.1) is 24.0 Å². The van der Waals surface area contributed by atoms with Crippen LogP contribution >= 0.6 is 0 Å². The Morgan fingerprint density at radius 1 is 0.388 bits per heavy atom. The number of ether oxygens (including phenoxy) is 4. The number of hydrogen-bond acceptors (Lipinski definition) is 4. The van der Waals surface area contributed by atoms with E-state index < -0.39 is 10.8 Å². The molecule has 0 aromatic heterocycles. The number of terminal acetylenes is 2. The van der Waals surface area contributed by atoms with Crippen LogP contribution in [0.2, 0.25) is 0 Å². The number of unbranched alkanes of at least 4 members (excludes halogenated alkanes) is 6. The Bertz CT molecular complexity index is 3910. The van der Waals surface area contributed by atoms with Crippen molar-refractivity contribution in [2.45, 2.75) is 89.9 Å². The molecule has 8 aromatic rings. The van der Waals surface area contributed by atoms with Crippen LogP contribution in [0.3, 0.4) is 0 Å². The summed E-state index contributed by atoms with van der Waals surface area (Å²) in [5.41, 5.74) is 17.1. The van der Waals surface area contributed by atoms with Gasteiger partial charge < -0.3 is 18.9 Å². The third kappa shape index (κ3) is 10.5. The number of fused-ring (bicyclic) bond motifs is 6. The summed E-state index contributed by atoms with van der Waals surface area (Å²) < 4.78 is 24.4. The molecule has 2 unspecified atom stereocenters. The van der Waals surface area contributed by atoms with E-state index in [-0.39, 0.29) is 0 Å². The van der Waals surface area contributed by atoms with Crippen LogP contribution in [0.5, 0.6) is 23.0 Å². The van der Waals surface area contributed by atoms with E-state index in [4.69, 9.17) is 31.8 Å². The van der Waals surface area contributed by atoms with Gasteiger partial charge in [-0.2, -0.15) is 0 Å². The SMILES string of the molecule is C#CC#CC#COc1ccc(C2(c3ccc(OCCCCCC)cc3)c3cc(C)ccc3-c3ccc(-c4ccc5c(c4)C(c4ccc(OC#CC#CC#C)cc4)(c4ccc(OCCCCCC)cc4)c4cccc(C)c4-5)cc32)cc1. The maximum atomic E-state index is 6.36. The topological polar surface area (TPSA) is 36.9 Å². The Hall–Kier alpha value is -9.68. The molecule has 2 atom stereocenters. The predicted octanol–water partition coefficient (Wildman–Crippen LogP) is 16.6. The molecule has 0 amide bonds. The largest absolute Gasteiger partial charge is 0.494 e. The fourth-order valence-corrected chi connectivity index (χ4v) is 11.9. The van der Waals surface area contributed by atoms with Crippen LogP contribution in [0.4, 0.5) is 0 Å². The third-order valence-electron chi connectivity index (χ3n) is 15.5. The van der Waals surface area contributed by atoms with Crippen molar-refractivity contribution < 1.29 is 18.9 Å². The first-order valence-corrected chi connectivity index (χ1v) is 27.8. The molecule has 10 rings (SSSR count). The summed E-state index contributed by atoms with van der Waals surface area (Å²) >= 11 is 0. The lowest BCUT2D eigenvalue weighted by molar-refractivity contribution is 0.305. The molecule has 2 aliphatic carbocycles. The predicted molar refractivity (Wildman–Crippen MR) is 325 cm³/mol. The zero-order valence-corrected chi connectivity index (χ0v) is 46.0. The van der Waals surface area contributed by atoms with Gasteiger partial charge in [0.2, 0.25) is 0 Å². The fourth-order valence-electron chi connectivity index (χ4n) is 11.9. The lowest BCUT2D eigenvalue weighted by Crippen LogP contribution is -2.29. The molecule has 0 heterocycles. The van der Waals surface area contributed by atoms with Crippen molar-refractivity contribution in [2.75, 3.05) is 13.2 Å². The molecule has 0 saturated carbocycles. The monoisotopic (exact) mass is 1040 g/mol. The highest BCUT2D eigenvalue weighted by Crippen LogP contribution is 2.60. The summed E-state index contributed by atoms with van der Waals surface area (Å²) in [4.78, 5) is 0. The molecule has 0 N–H and O–H groups in total. The molecule has 0 bridgehead atoms. The molecule has 4 nitrogen and oxygen atoms in total. The molecule has 80 heavy (non-hydrogen) atoms. The molecule has 0 aliphatic heterocycles. The summed E-state index contributed by atoms with van der Waals surface area (Å²) in [7, 11) is 0. The molecule has 4 heteroatoms. The second kappa shape index (κ2) is 24.8. The summed E-state index contributed by atoms with van der Waals surface area (Å²) in [5.74, 6) is 23.2. The first-order chi connectivity index (χ1) is 39.3. The van der Waals surface area contributed by atoms with Gasteiger partial charge in [0.25, 0.3) is 0 Å². The quantitative estimate of drug-likeness (QED) is 0.0597. The Morgan fingerprint density at radius 3 is 1.29 bits per heavy atom. The lowest BCUT2D eigenvalue weighted by atomic mass is 9.66. The second-order valence-electron chi connectivity index (χ2n) is 20.4. The van der Waals surface area contributed by atoms with Gasteiger partial charge in [0, 0.05) is 23.7 Å². The number of benzene rings is 8. The summed E-state index contributed by atoms with van der Waals surface area (Å²) in [6, 6.07) is 61.7. The fraction of sp³-hybridized carbons (Fsp3) is 0.211. The summed E-state index contributed by atoms with van der Waals surface area (Å²) in [6.07, 6.45) is 25.1. The van der Waals surface area contributed by atoms with Crippen LogP contribution in [0.1, 0.15) is 121 Å². The highest BCUT2D eigenvalue weighted by Gasteiger charge is 2.48. The Labute approximate surface area is 473 Å². The Kier molecular flexibility index (Phi) is 16.6. The highest BCUT2D eigenvalue weighted by molar-refractivity contribution is 5.92. The maximum Gasteiger partial charge on any atom is 0.140 e. The normalized spacial score (nSPS) is 14.7. The molecule has 0 saturated heterocycles. The van der Waals surface area contributed by atoms with E-state index in [1.165, 1.54) is 81.3 Å². The van der Waals surface area contributed by atoms with E-state index in [9.17, 15) is 0 Å². The van der Waals surface area contributed by atoms with Crippen molar-refractivity contribution in [1.29, 1.82) is 0 Å². The Morgan fingerprint density at radius 2 is 0.812 bits per heavy atom. The van der Waals surface area contributed by atoms with E-state index in [1.807, 2.05) is 24.3 Å². The Balaban J connectivity index is 1.14. The van der Waals surface area contributed by atoms with Gasteiger partial charge in [-0.15, -0.1) is 12.8 Å². The number of rotatable bonds is 19. The van der Waals surface area contributed by atoms with E-state index >= 15 is 0 Å². The standard InChI is InChI=1S/C76H62O4/c1-7-11-15-19-48-77-63-37-29-59(30-38-63)75(60-31-39-64(40-32-60)78-49-20-16-12-8-2)70-25-23-24-56(6)74(70)69-47-28-58(54-73(69)75)57-27-46-68-67-45-26-55(5)52-71(67)76(72(68)53-57,61-33-41-65(42-34-61)79-50-21-17-13-9-3)62-35-43-66(44-36-62)80-51-22-18-14-10-4/h1,3,23-47,52-54H,8,10,12,14,16,18,20,22,49,51H2,2,4-6H3. The van der Waals surface area contributed by atoms with Gasteiger partial charge in [-0.05, 0) is 194 Å². The second-order valence-corrected chi connectivity index (χ2v) is 20.4. The first kappa shape index (κ1) is 53.7. The van der Waals surface area contributed by atoms with Gasteiger partial charge in [0.15, 0.2) is 0 Å². The van der Waals surface area contributed by atoms with Gasteiger partial charge >= 0.3 is 0 Å². The zero-order chi connectivity index (χ0) is 55.3. The van der Waals surface area contributed by atoms with Crippen LogP contribution in [0.15, 0.2) is 170 Å². The van der Waals surface area contributed by atoms with Crippen LogP contribution in [-0.2, 0) is 10.8 Å². The van der Waals surface area contributed by atoms with Gasteiger partial charge in [0.1, 0.15) is 35.2 Å². The van der Waals surface area contributed by atoms with Gasteiger partial charge in [-0.3, -0.25) is 0 Å². The average molecular weight is 1040 g/mol. The van der Waals surface area contributed by atoms with E-state index in [0.29, 0.717) is 24.7 Å². The van der Waals surface area contributed by atoms with Crippen molar-refractivity contribution >= 4 is 0 Å². The maximum absolute atomic E-state index is 6.36. The van der Waals surface area contributed by atoms with Crippen molar-refractivity contribution in [3.8, 4) is 129 Å². The molecule has 0 spiro atoms. The van der Waals surface area contributed by atoms with Crippen molar-refractivity contribution in [3.63, 3.8) is 0 Å². The molecular weight excluding hydrogens is 977 g/mol. The number of aryl methyl sites for hydroxylation is 2. The molecule has 0 fully saturated rings. The lowest BCUT2D eigenvalue weighted by Gasteiger charge is -2.35. The van der Waals surface area contributed by atoms with E-state index in [2.05, 4.69) is 233 Å². The molecular formula is C76H62O4. The van der Waals surface area contributed by atoms with Crippen LogP contribution in [-0.4, -0.2) is 13.2 Å². The minimum Gasteiger partial charge on any atom is -0.494 e. The van der Waals surface area contributed by atoms with Crippen molar-refractivity contribution in [2.24, 2.45) is 0 Å². The van der Waals surface area contributed by atoms with Crippen molar-refractivity contribution in [3.05, 3.63) is 225 Å².